The molecule has 0 bridgehead atoms. The van der Waals surface area contributed by atoms with Gasteiger partial charge in [0.2, 0.25) is 11.5 Å². The molecule has 2 N–H and O–H groups in total. The normalized spacial score (nSPS) is 19.9. The molecule has 0 aromatic carbocycles. The highest BCUT2D eigenvalue weighted by Gasteiger charge is 2.20. The van der Waals surface area contributed by atoms with Crippen LogP contribution in [-0.2, 0) is 11.8 Å². The number of pyridine rings is 1. The van der Waals surface area contributed by atoms with Crippen molar-refractivity contribution in [3.05, 3.63) is 28.7 Å². The number of hydrogen-bond donors (Lipinski definition) is 2. The lowest BCUT2D eigenvalue weighted by Crippen LogP contribution is -2.43. The zero-order valence-electron chi connectivity index (χ0n) is 9.90. The largest absolute Gasteiger partial charge is 0.323 e. The van der Waals surface area contributed by atoms with E-state index in [1.54, 1.807) is 19.3 Å². The summed E-state index contributed by atoms with van der Waals surface area (Å²) >= 11 is 0. The van der Waals surface area contributed by atoms with Gasteiger partial charge in [-0.1, -0.05) is 6.42 Å². The maximum absolute atomic E-state index is 11.9. The van der Waals surface area contributed by atoms with E-state index < -0.39 is 0 Å². The summed E-state index contributed by atoms with van der Waals surface area (Å²) in [5.41, 5.74) is 0.572. The van der Waals surface area contributed by atoms with Gasteiger partial charge in [0.25, 0.3) is 0 Å². The van der Waals surface area contributed by atoms with E-state index in [0.29, 0.717) is 5.69 Å². The predicted molar refractivity (Wildman–Crippen MR) is 66.0 cm³/mol. The van der Waals surface area contributed by atoms with E-state index in [4.69, 9.17) is 0 Å². The van der Waals surface area contributed by atoms with Gasteiger partial charge in [-0.15, -0.1) is 0 Å². The number of aromatic nitrogens is 1. The van der Waals surface area contributed by atoms with Crippen molar-refractivity contribution in [3.63, 3.8) is 0 Å². The molecule has 1 aromatic rings. The van der Waals surface area contributed by atoms with Crippen LogP contribution in [0, 0.1) is 0 Å². The van der Waals surface area contributed by atoms with E-state index in [0.717, 1.165) is 25.8 Å². The zero-order chi connectivity index (χ0) is 12.3. The van der Waals surface area contributed by atoms with Crippen LogP contribution in [0.1, 0.15) is 19.3 Å². The Bertz CT molecular complexity index is 461. The van der Waals surface area contributed by atoms with Gasteiger partial charge in [0.15, 0.2) is 0 Å². The molecule has 1 fully saturated rings. The molecule has 2 rings (SSSR count). The summed E-state index contributed by atoms with van der Waals surface area (Å²) < 4.78 is 1.45. The number of rotatable bonds is 2. The Morgan fingerprint density at radius 2 is 2.29 bits per heavy atom. The standard InChI is InChI=1S/C12H17N3O2/c1-15-8-9(5-6-11(15)16)14-12(17)10-4-2-3-7-13-10/h5-6,8,10,13H,2-4,7H2,1H3,(H,14,17). The number of carbonyl (C=O) groups excluding carboxylic acids is 1. The lowest BCUT2D eigenvalue weighted by Gasteiger charge is -2.22. The molecule has 1 atom stereocenters. The summed E-state index contributed by atoms with van der Waals surface area (Å²) in [6.45, 7) is 0.894. The molecule has 0 spiro atoms. The summed E-state index contributed by atoms with van der Waals surface area (Å²) in [5, 5.41) is 6.00. The minimum atomic E-state index is -0.110. The third kappa shape index (κ3) is 2.94. The molecule has 0 radical (unpaired) electrons. The second-order valence-electron chi connectivity index (χ2n) is 4.36. The van der Waals surface area contributed by atoms with Crippen LogP contribution >= 0.6 is 0 Å². The van der Waals surface area contributed by atoms with Gasteiger partial charge in [-0.25, -0.2) is 0 Å². The number of carbonyl (C=O) groups is 1. The van der Waals surface area contributed by atoms with E-state index in [1.807, 2.05) is 0 Å². The van der Waals surface area contributed by atoms with Gasteiger partial charge in [0.1, 0.15) is 0 Å². The van der Waals surface area contributed by atoms with E-state index in [1.165, 1.54) is 10.6 Å². The lowest BCUT2D eigenvalue weighted by atomic mass is 10.0. The fraction of sp³-hybridized carbons (Fsp3) is 0.500. The van der Waals surface area contributed by atoms with Crippen LogP contribution in [0.4, 0.5) is 5.69 Å². The van der Waals surface area contributed by atoms with Crippen molar-refractivity contribution in [2.45, 2.75) is 25.3 Å². The van der Waals surface area contributed by atoms with Crippen molar-refractivity contribution >= 4 is 11.6 Å². The molecule has 0 saturated carbocycles. The molecule has 92 valence electrons. The van der Waals surface area contributed by atoms with Crippen LogP contribution in [0.25, 0.3) is 0 Å². The first-order valence-corrected chi connectivity index (χ1v) is 5.88. The smallest absolute Gasteiger partial charge is 0.250 e. The Morgan fingerprint density at radius 3 is 2.94 bits per heavy atom. The molecule has 17 heavy (non-hydrogen) atoms. The van der Waals surface area contributed by atoms with Crippen LogP contribution in [-0.4, -0.2) is 23.1 Å². The molecular weight excluding hydrogens is 218 g/mol. The number of amides is 1. The molecule has 1 saturated heterocycles. The van der Waals surface area contributed by atoms with Crippen molar-refractivity contribution in [1.29, 1.82) is 0 Å². The van der Waals surface area contributed by atoms with Gasteiger partial charge in [-0.2, -0.15) is 0 Å². The Balaban J connectivity index is 2.02. The first-order chi connectivity index (χ1) is 8.16. The van der Waals surface area contributed by atoms with Crippen molar-refractivity contribution < 1.29 is 4.79 Å². The highest BCUT2D eigenvalue weighted by molar-refractivity contribution is 5.94. The predicted octanol–water partition coefficient (Wildman–Crippen LogP) is 0.466. The molecule has 1 unspecified atom stereocenters. The maximum atomic E-state index is 11.9. The van der Waals surface area contributed by atoms with Gasteiger partial charge in [0.05, 0.1) is 11.7 Å². The number of nitrogens with zero attached hydrogens (tertiary/aromatic N) is 1. The number of piperidine rings is 1. The molecule has 1 aromatic heterocycles. The Morgan fingerprint density at radius 1 is 1.47 bits per heavy atom. The van der Waals surface area contributed by atoms with Crippen molar-refractivity contribution in [3.8, 4) is 0 Å². The van der Waals surface area contributed by atoms with Crippen LogP contribution in [0.5, 0.6) is 0 Å². The van der Waals surface area contributed by atoms with Crippen LogP contribution < -0.4 is 16.2 Å². The van der Waals surface area contributed by atoms with Crippen LogP contribution in [0.2, 0.25) is 0 Å². The van der Waals surface area contributed by atoms with Crippen LogP contribution in [0.15, 0.2) is 23.1 Å². The van der Waals surface area contributed by atoms with Gasteiger partial charge in [-0.05, 0) is 25.5 Å². The fourth-order valence-corrected chi connectivity index (χ4v) is 1.97. The topological polar surface area (TPSA) is 63.1 Å². The summed E-state index contributed by atoms with van der Waals surface area (Å²) in [5.74, 6) is -0.0247. The third-order valence-electron chi connectivity index (χ3n) is 2.98. The third-order valence-corrected chi connectivity index (χ3v) is 2.98. The SMILES string of the molecule is Cn1cc(NC(=O)C2CCCCN2)ccc1=O. The number of hydrogen-bond acceptors (Lipinski definition) is 3. The van der Waals surface area contributed by atoms with Crippen molar-refractivity contribution in [2.24, 2.45) is 7.05 Å². The molecule has 1 aliphatic rings. The molecule has 1 aliphatic heterocycles. The van der Waals surface area contributed by atoms with E-state index in [2.05, 4.69) is 10.6 Å². The Hall–Kier alpha value is -1.62. The second-order valence-corrected chi connectivity index (χ2v) is 4.36. The first-order valence-electron chi connectivity index (χ1n) is 5.88. The molecule has 2 heterocycles. The molecule has 0 aliphatic carbocycles. The van der Waals surface area contributed by atoms with Crippen LogP contribution in [0.3, 0.4) is 0 Å². The Kier molecular flexibility index (Phi) is 3.58. The zero-order valence-corrected chi connectivity index (χ0v) is 9.90. The highest BCUT2D eigenvalue weighted by atomic mass is 16.2. The van der Waals surface area contributed by atoms with E-state index >= 15 is 0 Å². The van der Waals surface area contributed by atoms with E-state index in [-0.39, 0.29) is 17.5 Å². The quantitative estimate of drug-likeness (QED) is 0.783. The number of aryl methyl sites for hydroxylation is 1. The molecule has 5 nitrogen and oxygen atoms in total. The molecule has 1 amide bonds. The molecule has 5 heteroatoms. The summed E-state index contributed by atoms with van der Waals surface area (Å²) in [6, 6.07) is 2.97. The lowest BCUT2D eigenvalue weighted by molar-refractivity contribution is -0.118. The average Bonchev–Trinajstić information content (AvgIpc) is 2.35. The monoisotopic (exact) mass is 235 g/mol. The maximum Gasteiger partial charge on any atom is 0.250 e. The molecular formula is C12H17N3O2. The van der Waals surface area contributed by atoms with Gasteiger partial charge in [0, 0.05) is 19.3 Å². The average molecular weight is 235 g/mol. The van der Waals surface area contributed by atoms with Gasteiger partial charge in [-0.3, -0.25) is 9.59 Å². The highest BCUT2D eigenvalue weighted by Crippen LogP contribution is 2.10. The first kappa shape index (κ1) is 11.9. The summed E-state index contributed by atoms with van der Waals surface area (Å²) in [4.78, 5) is 23.1. The minimum Gasteiger partial charge on any atom is -0.323 e. The Labute approximate surface area is 99.8 Å². The minimum absolute atomic E-state index is 0.0247. The van der Waals surface area contributed by atoms with Crippen molar-refractivity contribution in [2.75, 3.05) is 11.9 Å². The number of anilines is 1. The fourth-order valence-electron chi connectivity index (χ4n) is 1.97. The number of nitrogens with one attached hydrogen (secondary N) is 2. The second kappa shape index (κ2) is 5.14. The van der Waals surface area contributed by atoms with Crippen molar-refractivity contribution in [1.82, 2.24) is 9.88 Å². The van der Waals surface area contributed by atoms with Gasteiger partial charge < -0.3 is 15.2 Å². The summed E-state index contributed by atoms with van der Waals surface area (Å²) in [6.07, 6.45) is 4.71. The van der Waals surface area contributed by atoms with E-state index in [9.17, 15) is 9.59 Å². The van der Waals surface area contributed by atoms with Gasteiger partial charge >= 0.3 is 0 Å². The summed E-state index contributed by atoms with van der Waals surface area (Å²) in [7, 11) is 1.66.